The fourth-order valence-corrected chi connectivity index (χ4v) is 1.71. The van der Waals surface area contributed by atoms with Crippen molar-refractivity contribution < 1.29 is 0 Å². The first-order chi connectivity index (χ1) is 14.4. The topological polar surface area (TPSA) is 12.9 Å². The van der Waals surface area contributed by atoms with E-state index < -0.39 is 0 Å². The van der Waals surface area contributed by atoms with Crippen molar-refractivity contribution >= 4 is 6.08 Å². The lowest BCUT2D eigenvalue weighted by molar-refractivity contribution is 0.886. The fraction of sp³-hybridized carbons (Fsp3) is 0.483. The van der Waals surface area contributed by atoms with E-state index in [2.05, 4.69) is 71.3 Å². The second-order valence-electron chi connectivity index (χ2n) is 6.81. The molecule has 2 aromatic rings. The summed E-state index contributed by atoms with van der Waals surface area (Å²) >= 11 is 0. The first-order valence-corrected chi connectivity index (χ1v) is 11.7. The van der Waals surface area contributed by atoms with E-state index in [1.807, 2.05) is 64.2 Å². The SMILES string of the molecule is C/C=C\c1ncc(-c2ccccc2)cc1C.C=C(C)CC.CC.CCC.CCCC. The number of pyridine rings is 1. The quantitative estimate of drug-likeness (QED) is 0.456. The molecule has 0 N–H and O–H groups in total. The molecule has 2 rings (SSSR count). The molecule has 1 nitrogen and oxygen atoms in total. The van der Waals surface area contributed by atoms with Crippen molar-refractivity contribution in [2.45, 2.75) is 94.9 Å². The molecule has 1 aromatic carbocycles. The zero-order chi connectivity index (χ0) is 23.8. The predicted octanol–water partition coefficient (Wildman–Crippen LogP) is 10.3. The van der Waals surface area contributed by atoms with Gasteiger partial charge in [0.25, 0.3) is 0 Å². The fourth-order valence-electron chi connectivity index (χ4n) is 1.71. The molecule has 1 heteroatoms. The van der Waals surface area contributed by atoms with E-state index in [0.29, 0.717) is 0 Å². The van der Waals surface area contributed by atoms with Crippen LogP contribution in [0.15, 0.2) is 60.8 Å². The van der Waals surface area contributed by atoms with Crippen LogP contribution in [0.5, 0.6) is 0 Å². The number of rotatable bonds is 4. The van der Waals surface area contributed by atoms with Gasteiger partial charge in [0.15, 0.2) is 0 Å². The number of aromatic nitrogens is 1. The third kappa shape index (κ3) is 19.2. The van der Waals surface area contributed by atoms with Gasteiger partial charge < -0.3 is 0 Å². The van der Waals surface area contributed by atoms with Crippen molar-refractivity contribution in [1.82, 2.24) is 4.98 Å². The van der Waals surface area contributed by atoms with Crippen molar-refractivity contribution in [1.29, 1.82) is 0 Å². The minimum atomic E-state index is 1.04. The maximum atomic E-state index is 4.46. The standard InChI is InChI=1S/C15H15N.C5H10.C4H10.C3H8.C2H6/c1-3-7-15-12(2)10-14(11-16-15)13-8-5-4-6-9-13;1-4-5(2)3;1-3-4-2;1-3-2;1-2/h3-11H,1-2H3;2,4H2,1,3H3;3-4H2,1-2H3;3H2,1-2H3;1-2H3/b7-3-;;;;. The van der Waals surface area contributed by atoms with Crippen LogP contribution in [0.3, 0.4) is 0 Å². The third-order valence-corrected chi connectivity index (χ3v) is 3.65. The number of aryl methyl sites for hydroxylation is 1. The van der Waals surface area contributed by atoms with Crippen molar-refractivity contribution in [2.24, 2.45) is 0 Å². The van der Waals surface area contributed by atoms with Crippen LogP contribution in [-0.4, -0.2) is 4.98 Å². The van der Waals surface area contributed by atoms with E-state index in [1.165, 1.54) is 41.5 Å². The molecular weight excluding hydrogens is 362 g/mol. The van der Waals surface area contributed by atoms with Crippen molar-refractivity contribution in [3.05, 3.63) is 72.1 Å². The normalized spacial score (nSPS) is 8.87. The van der Waals surface area contributed by atoms with E-state index in [0.717, 1.165) is 12.1 Å². The molecule has 0 spiro atoms. The highest BCUT2D eigenvalue weighted by Gasteiger charge is 2.00. The van der Waals surface area contributed by atoms with Gasteiger partial charge in [0.2, 0.25) is 0 Å². The summed E-state index contributed by atoms with van der Waals surface area (Å²) < 4.78 is 0. The van der Waals surface area contributed by atoms with Crippen LogP contribution in [-0.2, 0) is 0 Å². The molecule has 0 radical (unpaired) electrons. The lowest BCUT2D eigenvalue weighted by Crippen LogP contribution is -1.88. The molecule has 0 fully saturated rings. The lowest BCUT2D eigenvalue weighted by atomic mass is 10.0. The minimum absolute atomic E-state index is 1.04. The van der Waals surface area contributed by atoms with Gasteiger partial charge in [-0.3, -0.25) is 4.98 Å². The van der Waals surface area contributed by atoms with E-state index in [1.54, 1.807) is 0 Å². The van der Waals surface area contributed by atoms with Crippen LogP contribution in [0.1, 0.15) is 99.3 Å². The second-order valence-corrected chi connectivity index (χ2v) is 6.81. The Morgan fingerprint density at radius 3 is 1.73 bits per heavy atom. The molecule has 1 heterocycles. The minimum Gasteiger partial charge on any atom is -0.256 e. The molecule has 1 aromatic heterocycles. The van der Waals surface area contributed by atoms with Gasteiger partial charge in [-0.25, -0.2) is 0 Å². The van der Waals surface area contributed by atoms with E-state index in [4.69, 9.17) is 0 Å². The number of benzene rings is 1. The Bertz CT molecular complexity index is 637. The van der Waals surface area contributed by atoms with Crippen molar-refractivity contribution in [2.75, 3.05) is 0 Å². The summed E-state index contributed by atoms with van der Waals surface area (Å²) in [6.07, 6.45) is 11.0. The number of allylic oxidation sites excluding steroid dienone is 2. The second kappa shape index (κ2) is 24.9. The first-order valence-electron chi connectivity index (χ1n) is 11.7. The number of nitrogens with zero attached hydrogens (tertiary/aromatic N) is 1. The maximum absolute atomic E-state index is 4.46. The Hall–Kier alpha value is -2.15. The summed E-state index contributed by atoms with van der Waals surface area (Å²) in [6, 6.07) is 12.5. The van der Waals surface area contributed by atoms with E-state index in [9.17, 15) is 0 Å². The van der Waals surface area contributed by atoms with Gasteiger partial charge in [-0.15, -0.1) is 6.58 Å². The average Bonchev–Trinajstić information content (AvgIpc) is 2.78. The summed E-state index contributed by atoms with van der Waals surface area (Å²) in [7, 11) is 0. The highest BCUT2D eigenvalue weighted by atomic mass is 14.7. The summed E-state index contributed by atoms with van der Waals surface area (Å²) in [6.45, 7) is 24.5. The third-order valence-electron chi connectivity index (χ3n) is 3.65. The molecule has 0 unspecified atom stereocenters. The van der Waals surface area contributed by atoms with Crippen LogP contribution < -0.4 is 0 Å². The molecule has 0 amide bonds. The number of unbranched alkanes of at least 4 members (excludes halogenated alkanes) is 1. The van der Waals surface area contributed by atoms with Crippen molar-refractivity contribution in [3.63, 3.8) is 0 Å². The summed E-state index contributed by atoms with van der Waals surface area (Å²) in [5, 5.41) is 0. The largest absolute Gasteiger partial charge is 0.256 e. The van der Waals surface area contributed by atoms with E-state index in [-0.39, 0.29) is 0 Å². The van der Waals surface area contributed by atoms with Gasteiger partial charge in [0, 0.05) is 11.8 Å². The highest BCUT2D eigenvalue weighted by Crippen LogP contribution is 2.20. The Morgan fingerprint density at radius 1 is 0.933 bits per heavy atom. The molecule has 0 aliphatic heterocycles. The molecule has 170 valence electrons. The van der Waals surface area contributed by atoms with Gasteiger partial charge in [-0.2, -0.15) is 0 Å². The van der Waals surface area contributed by atoms with Gasteiger partial charge in [-0.1, -0.05) is 110 Å². The zero-order valence-electron chi connectivity index (χ0n) is 21.7. The number of hydrogen-bond donors (Lipinski definition) is 0. The van der Waals surface area contributed by atoms with Crippen LogP contribution in [0.4, 0.5) is 0 Å². The Labute approximate surface area is 189 Å². The summed E-state index contributed by atoms with van der Waals surface area (Å²) in [4.78, 5) is 4.46. The Balaban J connectivity index is -0.000000432. The highest BCUT2D eigenvalue weighted by molar-refractivity contribution is 5.65. The molecule has 0 saturated heterocycles. The predicted molar refractivity (Wildman–Crippen MR) is 142 cm³/mol. The van der Waals surface area contributed by atoms with Crippen LogP contribution in [0, 0.1) is 6.92 Å². The van der Waals surface area contributed by atoms with Gasteiger partial charge in [0.1, 0.15) is 0 Å². The van der Waals surface area contributed by atoms with Crippen LogP contribution >= 0.6 is 0 Å². The Morgan fingerprint density at radius 2 is 1.40 bits per heavy atom. The zero-order valence-corrected chi connectivity index (χ0v) is 21.7. The molecule has 0 saturated carbocycles. The van der Waals surface area contributed by atoms with E-state index >= 15 is 0 Å². The van der Waals surface area contributed by atoms with Crippen LogP contribution in [0.25, 0.3) is 17.2 Å². The van der Waals surface area contributed by atoms with Gasteiger partial charge in [-0.05, 0) is 50.5 Å². The van der Waals surface area contributed by atoms with Gasteiger partial charge >= 0.3 is 0 Å². The molecule has 0 aliphatic carbocycles. The summed E-state index contributed by atoms with van der Waals surface area (Å²) in [5.74, 6) is 0. The molecular formula is C29H49N. The molecule has 0 aliphatic rings. The molecule has 0 atom stereocenters. The number of hydrogen-bond acceptors (Lipinski definition) is 1. The van der Waals surface area contributed by atoms with Crippen LogP contribution in [0.2, 0.25) is 0 Å². The smallest absolute Gasteiger partial charge is 0.0655 e. The van der Waals surface area contributed by atoms with Gasteiger partial charge in [0.05, 0.1) is 5.69 Å². The maximum Gasteiger partial charge on any atom is 0.0655 e. The monoisotopic (exact) mass is 411 g/mol. The molecule has 30 heavy (non-hydrogen) atoms. The lowest BCUT2D eigenvalue weighted by Gasteiger charge is -2.04. The summed E-state index contributed by atoms with van der Waals surface area (Å²) in [5.41, 5.74) is 5.89. The average molecular weight is 412 g/mol. The van der Waals surface area contributed by atoms with Crippen molar-refractivity contribution in [3.8, 4) is 11.1 Å². The molecule has 0 bridgehead atoms. The first kappa shape index (κ1) is 32.5. The Kier molecular flexibility index (Phi) is 27.0.